The van der Waals surface area contributed by atoms with E-state index in [-0.39, 0.29) is 40.3 Å². The molecule has 11 nitrogen and oxygen atoms in total. The molecule has 0 radical (unpaired) electrons. The number of anilines is 1. The number of ether oxygens (including phenoxy) is 2. The van der Waals surface area contributed by atoms with Gasteiger partial charge in [0.05, 0.1) is 19.5 Å². The third-order valence-corrected chi connectivity index (χ3v) is 19.8. The van der Waals surface area contributed by atoms with Crippen molar-refractivity contribution < 1.29 is 27.2 Å². The van der Waals surface area contributed by atoms with Crippen molar-refractivity contribution in [2.24, 2.45) is 0 Å². The van der Waals surface area contributed by atoms with E-state index in [0.717, 1.165) is 6.42 Å². The largest absolute Gasteiger partial charge is 0.414 e. The van der Waals surface area contributed by atoms with Crippen LogP contribution in [0.2, 0.25) is 22.2 Å². The second-order valence-corrected chi connectivity index (χ2v) is 22.3. The first-order chi connectivity index (χ1) is 20.9. The van der Waals surface area contributed by atoms with Crippen LogP contribution in [0.25, 0.3) is 11.2 Å². The van der Waals surface area contributed by atoms with Gasteiger partial charge in [-0.05, 0) is 34.3 Å². The highest BCUT2D eigenvalue weighted by Crippen LogP contribution is 2.55. The number of hydrogen-bond acceptors (Lipinski definition) is 9. The lowest BCUT2D eigenvalue weighted by Crippen LogP contribution is -2.68. The maximum atomic E-state index is 12.9. The summed E-state index contributed by atoms with van der Waals surface area (Å²) < 4.78 is 37.1. The molecule has 2 aromatic heterocycles. The lowest BCUT2D eigenvalue weighted by Gasteiger charge is -2.54. The van der Waals surface area contributed by atoms with E-state index in [2.05, 4.69) is 75.7 Å². The van der Waals surface area contributed by atoms with E-state index in [1.807, 2.05) is 22.8 Å². The summed E-state index contributed by atoms with van der Waals surface area (Å²) in [6, 6.07) is 9.01. The van der Waals surface area contributed by atoms with Crippen molar-refractivity contribution >= 4 is 40.0 Å². The van der Waals surface area contributed by atoms with Crippen LogP contribution in [0.1, 0.15) is 78.4 Å². The van der Waals surface area contributed by atoms with Crippen LogP contribution in [0.5, 0.6) is 0 Å². The summed E-state index contributed by atoms with van der Waals surface area (Å²) in [5.41, 5.74) is 1.61. The number of rotatable bonds is 7. The zero-order chi connectivity index (χ0) is 31.4. The third kappa shape index (κ3) is 4.88. The molecule has 1 aromatic carbocycles. The molecule has 0 unspecified atom stereocenters. The third-order valence-electron chi connectivity index (χ3n) is 9.61. The molecule has 4 atom stereocenters. The molecule has 6 rings (SSSR count). The number of imidazole rings is 1. The minimum absolute atomic E-state index is 0.183. The minimum Gasteiger partial charge on any atom is -0.414 e. The lowest BCUT2D eigenvalue weighted by atomic mass is 9.86. The number of amides is 1. The number of carbonyl (C=O) groups is 1. The first kappa shape index (κ1) is 31.5. The monoisotopic (exact) mass is 639 g/mol. The van der Waals surface area contributed by atoms with Crippen LogP contribution in [-0.2, 0) is 22.4 Å². The van der Waals surface area contributed by atoms with Crippen LogP contribution in [0.15, 0.2) is 43.0 Å². The summed E-state index contributed by atoms with van der Waals surface area (Å²) in [7, 11) is -5.61. The maximum Gasteiger partial charge on any atom is 0.335 e. The Kier molecular flexibility index (Phi) is 8.35. The van der Waals surface area contributed by atoms with Gasteiger partial charge in [0.1, 0.15) is 24.1 Å². The molecule has 1 spiro atoms. The fraction of sp³-hybridized carbons (Fsp3) is 0.613. The van der Waals surface area contributed by atoms with Gasteiger partial charge in [-0.15, -0.1) is 0 Å². The van der Waals surface area contributed by atoms with Gasteiger partial charge in [0.25, 0.3) is 5.91 Å². The molecule has 3 aliphatic rings. The fourth-order valence-electron chi connectivity index (χ4n) is 7.18. The first-order valence-corrected chi connectivity index (χ1v) is 19.7. The number of carbonyl (C=O) groups excluding carboxylic acids is 1. The van der Waals surface area contributed by atoms with Crippen molar-refractivity contribution in [3.05, 3.63) is 48.5 Å². The Morgan fingerprint density at radius 1 is 0.955 bits per heavy atom. The van der Waals surface area contributed by atoms with Crippen molar-refractivity contribution in [2.75, 3.05) is 18.5 Å². The summed E-state index contributed by atoms with van der Waals surface area (Å²) in [6.07, 6.45) is 2.56. The highest BCUT2D eigenvalue weighted by molar-refractivity contribution is 6.84. The highest BCUT2D eigenvalue weighted by Gasteiger charge is 2.68. The fourth-order valence-corrected chi connectivity index (χ4v) is 18.4. The standard InChI is InChI=1S/C31H45N5O6Si2/c1-19(2)43(20(3)4)39-16-24-26(41-44(42-43,21(5)6)22(7)8)31(14-15-38-31)30(40-24)36-18-34-25-27(32-17-33-28(25)36)35-29(37)23-12-10-9-11-13-23/h9-13,17-22,24,26,30H,14-16H2,1-8H3,(H,32,33,35,37)/t24-,26-,30-,31+/m1/s1. The van der Waals surface area contributed by atoms with Crippen molar-refractivity contribution in [1.82, 2.24) is 19.5 Å². The topological polar surface area (TPSA) is 119 Å². The molecule has 44 heavy (non-hydrogen) atoms. The summed E-state index contributed by atoms with van der Waals surface area (Å²) >= 11 is 0. The average molecular weight is 640 g/mol. The van der Waals surface area contributed by atoms with Gasteiger partial charge in [-0.2, -0.15) is 0 Å². The Balaban J connectivity index is 1.39. The molecule has 3 aliphatic heterocycles. The second kappa shape index (κ2) is 11.7. The van der Waals surface area contributed by atoms with Gasteiger partial charge >= 0.3 is 17.1 Å². The second-order valence-electron chi connectivity index (χ2n) is 13.5. The van der Waals surface area contributed by atoms with Crippen LogP contribution < -0.4 is 5.32 Å². The average Bonchev–Trinajstić information content (AvgIpc) is 3.52. The van der Waals surface area contributed by atoms with E-state index < -0.39 is 29.0 Å². The number of nitrogens with zero attached hydrogens (tertiary/aromatic N) is 4. The molecule has 13 heteroatoms. The maximum absolute atomic E-state index is 12.9. The highest BCUT2D eigenvalue weighted by atomic mass is 28.5. The van der Waals surface area contributed by atoms with Gasteiger partial charge in [0, 0.05) is 12.0 Å². The summed E-state index contributed by atoms with van der Waals surface area (Å²) in [5.74, 6) is 0.0608. The van der Waals surface area contributed by atoms with Crippen molar-refractivity contribution in [3.8, 4) is 0 Å². The van der Waals surface area contributed by atoms with Crippen LogP contribution >= 0.6 is 0 Å². The van der Waals surface area contributed by atoms with Crippen LogP contribution in [-0.4, -0.2) is 73.6 Å². The number of fused-ring (bicyclic) bond motifs is 3. The van der Waals surface area contributed by atoms with Gasteiger partial charge < -0.3 is 27.8 Å². The van der Waals surface area contributed by atoms with Crippen molar-refractivity contribution in [1.29, 1.82) is 0 Å². The summed E-state index contributed by atoms with van der Waals surface area (Å²) in [5, 5.41) is 2.90. The normalized spacial score (nSPS) is 28.0. The molecule has 0 aliphatic carbocycles. The molecule has 0 bridgehead atoms. The molecule has 1 N–H and O–H groups in total. The van der Waals surface area contributed by atoms with E-state index in [1.54, 1.807) is 18.5 Å². The van der Waals surface area contributed by atoms with Gasteiger partial charge in [-0.3, -0.25) is 9.36 Å². The quantitative estimate of drug-likeness (QED) is 0.306. The minimum atomic E-state index is -2.89. The Labute approximate surface area is 261 Å². The number of benzene rings is 1. The summed E-state index contributed by atoms with van der Waals surface area (Å²) in [6.45, 7) is 18.7. The molecule has 3 saturated heterocycles. The SMILES string of the molecule is CC(C)[Si]1(C(C)C)OC[C@H]2O[C@@H](n3cnc4c(NC(=O)c5ccccc5)ncnc43)[C@]3(CCO3)[C@@H]2O[Si](C(C)C)(C(C)C)O1. The van der Waals surface area contributed by atoms with Gasteiger partial charge in [0.2, 0.25) is 0 Å². The lowest BCUT2D eigenvalue weighted by molar-refractivity contribution is -0.224. The zero-order valence-electron chi connectivity index (χ0n) is 26.9. The Bertz CT molecular complexity index is 1480. The van der Waals surface area contributed by atoms with Gasteiger partial charge in [-0.1, -0.05) is 73.6 Å². The van der Waals surface area contributed by atoms with E-state index in [0.29, 0.717) is 35.8 Å². The number of nitrogens with one attached hydrogen (secondary N) is 1. The molecule has 3 aromatic rings. The van der Waals surface area contributed by atoms with Crippen LogP contribution in [0.3, 0.4) is 0 Å². The predicted octanol–water partition coefficient (Wildman–Crippen LogP) is 6.09. The first-order valence-electron chi connectivity index (χ1n) is 15.8. The molecule has 3 fully saturated rings. The van der Waals surface area contributed by atoms with Gasteiger partial charge in [-0.25, -0.2) is 15.0 Å². The van der Waals surface area contributed by atoms with E-state index in [1.165, 1.54) is 6.33 Å². The van der Waals surface area contributed by atoms with E-state index in [9.17, 15) is 4.79 Å². The molecular weight excluding hydrogens is 595 g/mol. The molecular formula is C31H45N5O6Si2. The van der Waals surface area contributed by atoms with Crippen LogP contribution in [0, 0.1) is 0 Å². The molecule has 0 saturated carbocycles. The molecule has 238 valence electrons. The number of hydrogen-bond donors (Lipinski definition) is 1. The molecule has 1 amide bonds. The van der Waals surface area contributed by atoms with E-state index in [4.69, 9.17) is 22.4 Å². The zero-order valence-corrected chi connectivity index (χ0v) is 28.9. The number of aromatic nitrogens is 4. The van der Waals surface area contributed by atoms with Crippen LogP contribution in [0.4, 0.5) is 5.82 Å². The van der Waals surface area contributed by atoms with E-state index >= 15 is 0 Å². The van der Waals surface area contributed by atoms with Crippen molar-refractivity contribution in [3.63, 3.8) is 0 Å². The molecule has 5 heterocycles. The summed E-state index contributed by atoms with van der Waals surface area (Å²) in [4.78, 5) is 26.5. The van der Waals surface area contributed by atoms with Gasteiger partial charge in [0.15, 0.2) is 23.2 Å². The Hall–Kier alpha value is -2.53. The smallest absolute Gasteiger partial charge is 0.335 e. The predicted molar refractivity (Wildman–Crippen MR) is 171 cm³/mol. The Morgan fingerprint density at radius 3 is 2.20 bits per heavy atom. The van der Waals surface area contributed by atoms with Crippen molar-refractivity contribution in [2.45, 2.75) is 108 Å². The Morgan fingerprint density at radius 2 is 1.61 bits per heavy atom.